The molecule has 0 amide bonds. The molecule has 0 aromatic rings. The standard InChI is InChI=1S/C25H42O2/c1-23-14-5-4-7-17(23)9-10-18-19-11-12-21(24(19,2)16-13-20(18)23)22-8-6-15-25(22,26)27-3/h17-22,26H,4-16H2,1-3H3/t17?,18?,19?,20?,21-,22?,23+,24+,25?/m1/s1. The van der Waals surface area contributed by atoms with Crippen molar-refractivity contribution in [1.29, 1.82) is 0 Å². The second-order valence-corrected chi connectivity index (χ2v) is 11.7. The van der Waals surface area contributed by atoms with Gasteiger partial charge in [-0.2, -0.15) is 0 Å². The molecule has 1 N–H and O–H groups in total. The topological polar surface area (TPSA) is 29.5 Å². The molecule has 0 aromatic carbocycles. The summed E-state index contributed by atoms with van der Waals surface area (Å²) in [7, 11) is 1.73. The Kier molecular flexibility index (Phi) is 4.53. The fraction of sp³-hybridized carbons (Fsp3) is 1.00. The average Bonchev–Trinajstić information content (AvgIpc) is 3.21. The maximum atomic E-state index is 11.1. The van der Waals surface area contributed by atoms with Crippen molar-refractivity contribution in [2.75, 3.05) is 7.11 Å². The van der Waals surface area contributed by atoms with E-state index in [0.717, 1.165) is 36.5 Å². The van der Waals surface area contributed by atoms with E-state index in [1.54, 1.807) is 7.11 Å². The Balaban J connectivity index is 1.41. The van der Waals surface area contributed by atoms with E-state index in [0.29, 0.717) is 22.7 Å². The van der Waals surface area contributed by atoms with E-state index in [1.807, 2.05) is 0 Å². The maximum absolute atomic E-state index is 11.1. The monoisotopic (exact) mass is 374 g/mol. The second kappa shape index (κ2) is 6.46. The number of rotatable bonds is 2. The molecular formula is C25H42O2. The highest BCUT2D eigenvalue weighted by molar-refractivity contribution is 5.11. The summed E-state index contributed by atoms with van der Waals surface area (Å²) in [5, 5.41) is 11.1. The van der Waals surface area contributed by atoms with Crippen molar-refractivity contribution in [2.24, 2.45) is 46.3 Å². The maximum Gasteiger partial charge on any atom is 0.168 e. The van der Waals surface area contributed by atoms with Gasteiger partial charge in [-0.15, -0.1) is 0 Å². The fourth-order valence-corrected chi connectivity index (χ4v) is 9.75. The Morgan fingerprint density at radius 2 is 1.44 bits per heavy atom. The van der Waals surface area contributed by atoms with Crippen LogP contribution in [-0.4, -0.2) is 18.0 Å². The summed E-state index contributed by atoms with van der Waals surface area (Å²) < 4.78 is 5.70. The van der Waals surface area contributed by atoms with Crippen LogP contribution in [-0.2, 0) is 4.74 Å². The molecule has 0 aliphatic heterocycles. The Hall–Kier alpha value is -0.0800. The van der Waals surface area contributed by atoms with Crippen molar-refractivity contribution in [3.8, 4) is 0 Å². The quantitative estimate of drug-likeness (QED) is 0.586. The lowest BCUT2D eigenvalue weighted by Gasteiger charge is -2.61. The summed E-state index contributed by atoms with van der Waals surface area (Å²) in [5.74, 6) is 4.07. The summed E-state index contributed by atoms with van der Waals surface area (Å²) in [6.07, 6.45) is 17.7. The molecule has 27 heavy (non-hydrogen) atoms. The van der Waals surface area contributed by atoms with E-state index < -0.39 is 5.79 Å². The van der Waals surface area contributed by atoms with Crippen molar-refractivity contribution in [3.05, 3.63) is 0 Å². The molecule has 9 atom stereocenters. The molecule has 5 fully saturated rings. The Bertz CT molecular complexity index is 575. The van der Waals surface area contributed by atoms with Gasteiger partial charge in [0.25, 0.3) is 0 Å². The molecule has 2 heteroatoms. The van der Waals surface area contributed by atoms with Crippen molar-refractivity contribution in [1.82, 2.24) is 0 Å². The number of fused-ring (bicyclic) bond motifs is 5. The Morgan fingerprint density at radius 1 is 0.667 bits per heavy atom. The normalized spacial score (nSPS) is 57.8. The van der Waals surface area contributed by atoms with Gasteiger partial charge in [0, 0.05) is 19.4 Å². The van der Waals surface area contributed by atoms with Crippen molar-refractivity contribution in [2.45, 2.75) is 103 Å². The van der Waals surface area contributed by atoms with Crippen LogP contribution in [0.25, 0.3) is 0 Å². The third kappa shape index (κ3) is 2.57. The highest BCUT2D eigenvalue weighted by Crippen LogP contribution is 2.69. The van der Waals surface area contributed by atoms with E-state index in [-0.39, 0.29) is 0 Å². The van der Waals surface area contributed by atoms with Crippen LogP contribution in [0, 0.1) is 46.3 Å². The van der Waals surface area contributed by atoms with E-state index >= 15 is 0 Å². The third-order valence-electron chi connectivity index (χ3n) is 11.1. The summed E-state index contributed by atoms with van der Waals surface area (Å²) in [6.45, 7) is 5.30. The highest BCUT2D eigenvalue weighted by Gasteiger charge is 2.62. The largest absolute Gasteiger partial charge is 0.365 e. The van der Waals surface area contributed by atoms with Gasteiger partial charge in [-0.3, -0.25) is 0 Å². The lowest BCUT2D eigenvalue weighted by atomic mass is 9.44. The molecule has 5 rings (SSSR count). The first-order valence-corrected chi connectivity index (χ1v) is 12.2. The molecule has 0 heterocycles. The minimum Gasteiger partial charge on any atom is -0.365 e. The predicted octanol–water partition coefficient (Wildman–Crippen LogP) is 6.17. The fourth-order valence-electron chi connectivity index (χ4n) is 9.75. The molecule has 6 unspecified atom stereocenters. The molecule has 0 aromatic heterocycles. The van der Waals surface area contributed by atoms with Crippen LogP contribution in [0.15, 0.2) is 0 Å². The van der Waals surface area contributed by atoms with Gasteiger partial charge in [0.2, 0.25) is 0 Å². The van der Waals surface area contributed by atoms with Crippen LogP contribution < -0.4 is 0 Å². The van der Waals surface area contributed by atoms with Gasteiger partial charge in [0.1, 0.15) is 0 Å². The number of hydrogen-bond donors (Lipinski definition) is 1. The summed E-state index contributed by atoms with van der Waals surface area (Å²) in [6, 6.07) is 0. The van der Waals surface area contributed by atoms with Gasteiger partial charge in [-0.05, 0) is 105 Å². The first-order chi connectivity index (χ1) is 12.9. The van der Waals surface area contributed by atoms with Gasteiger partial charge < -0.3 is 9.84 Å². The minimum atomic E-state index is -0.841. The third-order valence-corrected chi connectivity index (χ3v) is 11.1. The minimum absolute atomic E-state index is 0.371. The number of ether oxygens (including phenoxy) is 1. The SMILES string of the molecule is COC1(O)CCCC1[C@H]1CCC2C3CCC4CCCC[C@]4(C)C3CC[C@@]21C. The molecule has 0 bridgehead atoms. The van der Waals surface area contributed by atoms with Gasteiger partial charge in [-0.1, -0.05) is 26.7 Å². The molecular weight excluding hydrogens is 332 g/mol. The molecule has 0 saturated heterocycles. The molecule has 5 saturated carbocycles. The molecule has 2 nitrogen and oxygen atoms in total. The van der Waals surface area contributed by atoms with E-state index in [9.17, 15) is 5.11 Å². The predicted molar refractivity (Wildman–Crippen MR) is 109 cm³/mol. The van der Waals surface area contributed by atoms with Gasteiger partial charge in [0.15, 0.2) is 5.79 Å². The average molecular weight is 375 g/mol. The van der Waals surface area contributed by atoms with E-state index in [1.165, 1.54) is 70.6 Å². The zero-order chi connectivity index (χ0) is 18.9. The highest BCUT2D eigenvalue weighted by atomic mass is 16.6. The zero-order valence-corrected chi connectivity index (χ0v) is 18.0. The van der Waals surface area contributed by atoms with Crippen LogP contribution in [0.5, 0.6) is 0 Å². The lowest BCUT2D eigenvalue weighted by molar-refractivity contribution is -0.228. The second-order valence-electron chi connectivity index (χ2n) is 11.7. The smallest absolute Gasteiger partial charge is 0.168 e. The van der Waals surface area contributed by atoms with Crippen molar-refractivity contribution >= 4 is 0 Å². The first-order valence-electron chi connectivity index (χ1n) is 12.2. The molecule has 154 valence electrons. The van der Waals surface area contributed by atoms with Crippen LogP contribution in [0.2, 0.25) is 0 Å². The lowest BCUT2D eigenvalue weighted by Crippen LogP contribution is -2.54. The van der Waals surface area contributed by atoms with Crippen molar-refractivity contribution in [3.63, 3.8) is 0 Å². The van der Waals surface area contributed by atoms with E-state index in [2.05, 4.69) is 13.8 Å². The number of hydrogen-bond acceptors (Lipinski definition) is 2. The van der Waals surface area contributed by atoms with E-state index in [4.69, 9.17) is 4.74 Å². The Labute approximate surface area is 166 Å². The Morgan fingerprint density at radius 3 is 2.26 bits per heavy atom. The van der Waals surface area contributed by atoms with Gasteiger partial charge >= 0.3 is 0 Å². The molecule has 0 radical (unpaired) electrons. The van der Waals surface area contributed by atoms with Crippen LogP contribution in [0.1, 0.15) is 97.3 Å². The molecule has 5 aliphatic rings. The molecule has 5 aliphatic carbocycles. The zero-order valence-electron chi connectivity index (χ0n) is 18.0. The summed E-state index contributed by atoms with van der Waals surface area (Å²) >= 11 is 0. The van der Waals surface area contributed by atoms with Gasteiger partial charge in [-0.25, -0.2) is 0 Å². The summed E-state index contributed by atoms with van der Waals surface area (Å²) in [5.41, 5.74) is 1.09. The van der Waals surface area contributed by atoms with Crippen LogP contribution >= 0.6 is 0 Å². The molecule has 0 spiro atoms. The first kappa shape index (κ1) is 18.9. The number of methoxy groups -OCH3 is 1. The summed E-state index contributed by atoms with van der Waals surface area (Å²) in [4.78, 5) is 0. The number of aliphatic hydroxyl groups is 1. The van der Waals surface area contributed by atoms with Crippen LogP contribution in [0.4, 0.5) is 0 Å². The van der Waals surface area contributed by atoms with Crippen molar-refractivity contribution < 1.29 is 9.84 Å². The van der Waals surface area contributed by atoms with Crippen LogP contribution in [0.3, 0.4) is 0 Å². The van der Waals surface area contributed by atoms with Gasteiger partial charge in [0.05, 0.1) is 0 Å².